The van der Waals surface area contributed by atoms with Crippen molar-refractivity contribution < 1.29 is 18.9 Å². The zero-order valence-electron chi connectivity index (χ0n) is 16.8. The quantitative estimate of drug-likeness (QED) is 0.452. The lowest BCUT2D eigenvalue weighted by atomic mass is 9.94. The molecule has 0 fully saturated rings. The van der Waals surface area contributed by atoms with Gasteiger partial charge in [-0.25, -0.2) is 4.39 Å². The number of nitrogens with one attached hydrogen (secondary N) is 1. The van der Waals surface area contributed by atoms with Crippen LogP contribution in [0.15, 0.2) is 60.7 Å². The molecular weight excluding hydrogens is 437 g/mol. The van der Waals surface area contributed by atoms with Crippen LogP contribution in [0.25, 0.3) is 0 Å². The summed E-state index contributed by atoms with van der Waals surface area (Å²) in [7, 11) is 0. The molecule has 4 rings (SSSR count). The Bertz CT molecular complexity index is 1250. The highest BCUT2D eigenvalue weighted by molar-refractivity contribution is 6.32. The Morgan fingerprint density at radius 2 is 1.88 bits per heavy atom. The molecule has 0 spiro atoms. The van der Waals surface area contributed by atoms with Gasteiger partial charge in [0.05, 0.1) is 11.0 Å². The maximum atomic E-state index is 13.6. The summed E-state index contributed by atoms with van der Waals surface area (Å²) in [6.07, 6.45) is 0. The number of halogens is 2. The predicted molar refractivity (Wildman–Crippen MR) is 117 cm³/mol. The van der Waals surface area contributed by atoms with Gasteiger partial charge in [0, 0.05) is 22.9 Å². The number of aryl methyl sites for hydroxylation is 1. The number of carbonyl (C=O) groups excluding carboxylic acids is 2. The summed E-state index contributed by atoms with van der Waals surface area (Å²) < 4.78 is 13.6. The molecule has 0 radical (unpaired) electrons. The van der Waals surface area contributed by atoms with Gasteiger partial charge in [-0.2, -0.15) is 0 Å². The van der Waals surface area contributed by atoms with Gasteiger partial charge in [0.2, 0.25) is 5.91 Å². The monoisotopic (exact) mass is 453 g/mol. The first-order valence-corrected chi connectivity index (χ1v) is 10.0. The molecule has 1 aliphatic heterocycles. The number of benzene rings is 3. The molecule has 0 bridgehead atoms. The summed E-state index contributed by atoms with van der Waals surface area (Å²) in [5, 5.41) is 14.0. The molecule has 3 aromatic rings. The lowest BCUT2D eigenvalue weighted by Crippen LogP contribution is -2.39. The van der Waals surface area contributed by atoms with Gasteiger partial charge in [-0.3, -0.25) is 19.7 Å². The second-order valence-electron chi connectivity index (χ2n) is 7.45. The summed E-state index contributed by atoms with van der Waals surface area (Å²) in [5.74, 6) is -1.45. The summed E-state index contributed by atoms with van der Waals surface area (Å²) in [4.78, 5) is 38.1. The zero-order valence-corrected chi connectivity index (χ0v) is 17.6. The number of nitrogens with zero attached hydrogens (tertiary/aromatic N) is 2. The van der Waals surface area contributed by atoms with Gasteiger partial charge in [-0.05, 0) is 42.8 Å². The molecule has 0 saturated heterocycles. The molecule has 0 aliphatic carbocycles. The molecule has 1 N–H and O–H groups in total. The molecule has 0 saturated carbocycles. The smallest absolute Gasteiger partial charge is 0.288 e. The second kappa shape index (κ2) is 8.39. The van der Waals surface area contributed by atoms with E-state index in [1.54, 1.807) is 18.2 Å². The number of nitro groups is 1. The van der Waals surface area contributed by atoms with Crippen LogP contribution in [-0.2, 0) is 4.79 Å². The molecule has 1 aliphatic rings. The van der Waals surface area contributed by atoms with E-state index < -0.39 is 34.3 Å². The van der Waals surface area contributed by atoms with Crippen LogP contribution in [0.5, 0.6) is 0 Å². The summed E-state index contributed by atoms with van der Waals surface area (Å²) in [6, 6.07) is 14.1. The summed E-state index contributed by atoms with van der Waals surface area (Å²) >= 11 is 5.89. The van der Waals surface area contributed by atoms with Crippen molar-refractivity contribution in [1.29, 1.82) is 0 Å². The molecule has 3 aromatic carbocycles. The topological polar surface area (TPSA) is 92.6 Å². The van der Waals surface area contributed by atoms with Gasteiger partial charge >= 0.3 is 0 Å². The average Bonchev–Trinajstić information content (AvgIpc) is 2.89. The van der Waals surface area contributed by atoms with Crippen molar-refractivity contribution in [1.82, 2.24) is 4.90 Å². The minimum absolute atomic E-state index is 0.0112. The van der Waals surface area contributed by atoms with Crippen molar-refractivity contribution in [2.45, 2.75) is 13.0 Å². The number of rotatable bonds is 3. The van der Waals surface area contributed by atoms with Crippen molar-refractivity contribution in [3.63, 3.8) is 0 Å². The van der Waals surface area contributed by atoms with E-state index in [0.29, 0.717) is 16.8 Å². The number of fused-ring (bicyclic) bond motifs is 1. The Kier molecular flexibility index (Phi) is 5.63. The third-order valence-electron chi connectivity index (χ3n) is 5.24. The normalized spacial score (nSPS) is 15.5. The molecule has 9 heteroatoms. The van der Waals surface area contributed by atoms with Crippen LogP contribution in [0.4, 0.5) is 15.8 Å². The third-order valence-corrected chi connectivity index (χ3v) is 5.56. The Balaban J connectivity index is 1.89. The van der Waals surface area contributed by atoms with Crippen molar-refractivity contribution >= 4 is 34.8 Å². The van der Waals surface area contributed by atoms with Gasteiger partial charge < -0.3 is 10.2 Å². The van der Waals surface area contributed by atoms with Crippen molar-refractivity contribution in [2.75, 3.05) is 11.9 Å². The van der Waals surface area contributed by atoms with Gasteiger partial charge in [0.25, 0.3) is 11.6 Å². The van der Waals surface area contributed by atoms with Crippen molar-refractivity contribution in [3.05, 3.63) is 104 Å². The Morgan fingerprint density at radius 3 is 2.56 bits per heavy atom. The van der Waals surface area contributed by atoms with E-state index in [1.807, 2.05) is 19.1 Å². The maximum Gasteiger partial charge on any atom is 0.288 e. The highest BCUT2D eigenvalue weighted by atomic mass is 35.5. The van der Waals surface area contributed by atoms with Crippen LogP contribution >= 0.6 is 11.6 Å². The van der Waals surface area contributed by atoms with Crippen molar-refractivity contribution in [2.24, 2.45) is 0 Å². The van der Waals surface area contributed by atoms with E-state index in [-0.39, 0.29) is 17.1 Å². The van der Waals surface area contributed by atoms with Crippen LogP contribution in [0.3, 0.4) is 0 Å². The first kappa shape index (κ1) is 21.5. The Hall–Kier alpha value is -3.78. The minimum Gasteiger partial charge on any atom is -0.324 e. The number of hydrogen-bond donors (Lipinski definition) is 1. The average molecular weight is 454 g/mol. The molecule has 1 unspecified atom stereocenters. The predicted octanol–water partition coefficient (Wildman–Crippen LogP) is 4.88. The maximum absolute atomic E-state index is 13.6. The lowest BCUT2D eigenvalue weighted by molar-refractivity contribution is -0.384. The molecule has 162 valence electrons. The Morgan fingerprint density at radius 1 is 1.16 bits per heavy atom. The van der Waals surface area contributed by atoms with Gasteiger partial charge in [-0.15, -0.1) is 0 Å². The highest BCUT2D eigenvalue weighted by Gasteiger charge is 2.34. The lowest BCUT2D eigenvalue weighted by Gasteiger charge is -2.31. The molecule has 1 atom stereocenters. The molecule has 1 heterocycles. The van der Waals surface area contributed by atoms with E-state index >= 15 is 0 Å². The second-order valence-corrected chi connectivity index (χ2v) is 7.86. The van der Waals surface area contributed by atoms with Gasteiger partial charge in [0.15, 0.2) is 0 Å². The summed E-state index contributed by atoms with van der Waals surface area (Å²) in [6.45, 7) is 1.58. The first-order valence-electron chi connectivity index (χ1n) is 9.65. The number of carbonyl (C=O) groups is 2. The van der Waals surface area contributed by atoms with Crippen LogP contribution in [0.1, 0.15) is 33.1 Å². The van der Waals surface area contributed by atoms with E-state index in [4.69, 9.17) is 11.6 Å². The van der Waals surface area contributed by atoms with Gasteiger partial charge in [-0.1, -0.05) is 41.4 Å². The standard InChI is InChI=1S/C23H17ClFN3O4/c1-13-2-9-19-17(10-13)22(14-3-6-16(25)7-4-14)27(12-21(29)26-19)23(30)15-5-8-18(24)20(11-15)28(31)32/h2-11,22H,12H2,1H3,(H,26,29). The summed E-state index contributed by atoms with van der Waals surface area (Å²) in [5.41, 5.74) is 2.28. The number of hydrogen-bond acceptors (Lipinski definition) is 4. The molecule has 7 nitrogen and oxygen atoms in total. The number of anilines is 1. The van der Waals surface area contributed by atoms with Crippen LogP contribution in [-0.4, -0.2) is 28.2 Å². The number of nitro benzene ring substituents is 1. The van der Waals surface area contributed by atoms with Crippen LogP contribution in [0.2, 0.25) is 5.02 Å². The zero-order chi connectivity index (χ0) is 23.0. The van der Waals surface area contributed by atoms with E-state index in [0.717, 1.165) is 11.6 Å². The third kappa shape index (κ3) is 4.04. The van der Waals surface area contributed by atoms with Crippen LogP contribution in [0, 0.1) is 22.9 Å². The molecule has 32 heavy (non-hydrogen) atoms. The Labute approximate surface area is 187 Å². The fourth-order valence-electron chi connectivity index (χ4n) is 3.77. The van der Waals surface area contributed by atoms with E-state index in [9.17, 15) is 24.1 Å². The molecule has 0 aromatic heterocycles. The molecule has 2 amide bonds. The minimum atomic E-state index is -0.730. The highest BCUT2D eigenvalue weighted by Crippen LogP contribution is 2.37. The van der Waals surface area contributed by atoms with Crippen LogP contribution < -0.4 is 5.32 Å². The van der Waals surface area contributed by atoms with E-state index in [2.05, 4.69) is 5.32 Å². The van der Waals surface area contributed by atoms with Gasteiger partial charge in [0.1, 0.15) is 17.4 Å². The molecular formula is C23H17ClFN3O4. The fraction of sp³-hybridized carbons (Fsp3) is 0.130. The largest absolute Gasteiger partial charge is 0.324 e. The fourth-order valence-corrected chi connectivity index (χ4v) is 3.96. The number of amides is 2. The first-order chi connectivity index (χ1) is 15.2. The van der Waals surface area contributed by atoms with E-state index in [1.165, 1.54) is 29.2 Å². The van der Waals surface area contributed by atoms with Crippen molar-refractivity contribution in [3.8, 4) is 0 Å². The SMILES string of the molecule is Cc1ccc2c(c1)C(c1ccc(F)cc1)N(C(=O)c1ccc(Cl)c([N+](=O)[O-])c1)CC(=O)N2.